The molecule has 0 aliphatic heterocycles. The fraction of sp³-hybridized carbons (Fsp3) is 0.111. The van der Waals surface area contributed by atoms with Crippen LogP contribution in [0.2, 0.25) is 10.0 Å². The lowest BCUT2D eigenvalue weighted by Gasteiger charge is -2.11. The van der Waals surface area contributed by atoms with Gasteiger partial charge in [0, 0.05) is 22.6 Å². The van der Waals surface area contributed by atoms with Gasteiger partial charge in [0.2, 0.25) is 0 Å². The van der Waals surface area contributed by atoms with Crippen LogP contribution in [0, 0.1) is 0 Å². The predicted molar refractivity (Wildman–Crippen MR) is 137 cm³/mol. The van der Waals surface area contributed by atoms with Crippen molar-refractivity contribution >= 4 is 41.3 Å². The van der Waals surface area contributed by atoms with Crippen molar-refractivity contribution < 1.29 is 14.6 Å². The highest BCUT2D eigenvalue weighted by atomic mass is 35.5. The lowest BCUT2D eigenvalue weighted by atomic mass is 10.0. The van der Waals surface area contributed by atoms with Gasteiger partial charge in [-0.2, -0.15) is 0 Å². The summed E-state index contributed by atoms with van der Waals surface area (Å²) in [6, 6.07) is 21.3. The summed E-state index contributed by atoms with van der Waals surface area (Å²) < 4.78 is 5.89. The Balaban J connectivity index is 1.59. The van der Waals surface area contributed by atoms with Crippen molar-refractivity contribution in [2.75, 3.05) is 6.61 Å². The van der Waals surface area contributed by atoms with Gasteiger partial charge in [-0.3, -0.25) is 4.79 Å². The first-order valence-electron chi connectivity index (χ1n) is 10.7. The van der Waals surface area contributed by atoms with Crippen LogP contribution in [0.3, 0.4) is 0 Å². The maximum absolute atomic E-state index is 10.8. The number of aromatic amines is 1. The Labute approximate surface area is 207 Å². The molecule has 0 radical (unpaired) electrons. The average molecular weight is 493 g/mol. The summed E-state index contributed by atoms with van der Waals surface area (Å²) in [7, 11) is 0. The van der Waals surface area contributed by atoms with Gasteiger partial charge < -0.3 is 14.8 Å². The van der Waals surface area contributed by atoms with Gasteiger partial charge >= 0.3 is 5.97 Å². The van der Waals surface area contributed by atoms with Crippen molar-refractivity contribution in [2.45, 2.75) is 12.8 Å². The molecular weight excluding hydrogens is 471 g/mol. The van der Waals surface area contributed by atoms with E-state index in [-0.39, 0.29) is 6.42 Å². The fourth-order valence-electron chi connectivity index (χ4n) is 3.46. The van der Waals surface area contributed by atoms with Crippen LogP contribution < -0.4 is 4.74 Å². The maximum Gasteiger partial charge on any atom is 0.303 e. The molecule has 3 aromatic carbocycles. The van der Waals surface area contributed by atoms with Crippen LogP contribution in [0.4, 0.5) is 0 Å². The topological polar surface area (TPSA) is 75.2 Å². The summed E-state index contributed by atoms with van der Waals surface area (Å²) in [4.78, 5) is 18.5. The standard InChI is InChI=1S/C27H22Cl2N2O3/c28-21-10-11-22(23(29)16-21)24-17-30-26(31-24)13-9-20-15-19(18-5-2-1-3-6-18)8-12-25(20)34-14-4-7-27(32)33/h1-3,5-6,8-13,15-17H,4,7,14H2,(H,30,31)(H,32,33). The maximum atomic E-state index is 10.8. The first-order valence-corrected chi connectivity index (χ1v) is 11.5. The number of carbonyl (C=O) groups is 1. The summed E-state index contributed by atoms with van der Waals surface area (Å²) in [6.07, 6.45) is 6.00. The molecule has 0 atom stereocenters. The molecule has 5 nitrogen and oxygen atoms in total. The monoisotopic (exact) mass is 492 g/mol. The number of aliphatic carboxylic acids is 1. The molecule has 0 saturated heterocycles. The van der Waals surface area contributed by atoms with E-state index in [9.17, 15) is 4.79 Å². The van der Waals surface area contributed by atoms with Gasteiger partial charge in [0.1, 0.15) is 11.6 Å². The number of carboxylic acid groups (broad SMARTS) is 1. The first-order chi connectivity index (χ1) is 16.5. The molecule has 0 spiro atoms. The summed E-state index contributed by atoms with van der Waals surface area (Å²) in [6.45, 7) is 0.317. The van der Waals surface area contributed by atoms with Gasteiger partial charge in [-0.15, -0.1) is 0 Å². The van der Waals surface area contributed by atoms with Gasteiger partial charge in [-0.25, -0.2) is 4.98 Å². The van der Waals surface area contributed by atoms with E-state index in [1.807, 2.05) is 66.7 Å². The van der Waals surface area contributed by atoms with E-state index in [1.165, 1.54) is 0 Å². The number of hydrogen-bond donors (Lipinski definition) is 2. The molecule has 4 rings (SSSR count). The average Bonchev–Trinajstić information content (AvgIpc) is 3.30. The molecule has 34 heavy (non-hydrogen) atoms. The minimum atomic E-state index is -0.836. The third kappa shape index (κ3) is 6.07. The molecule has 172 valence electrons. The van der Waals surface area contributed by atoms with Crippen molar-refractivity contribution in [3.8, 4) is 28.1 Å². The zero-order valence-corrected chi connectivity index (χ0v) is 19.7. The number of hydrogen-bond acceptors (Lipinski definition) is 3. The predicted octanol–water partition coefficient (Wildman–Crippen LogP) is 7.46. The van der Waals surface area contributed by atoms with Gasteiger partial charge in [-0.05, 0) is 60.0 Å². The molecule has 2 N–H and O–H groups in total. The van der Waals surface area contributed by atoms with E-state index in [0.717, 1.165) is 27.9 Å². The number of ether oxygens (including phenoxy) is 1. The number of aromatic nitrogens is 2. The molecule has 0 saturated carbocycles. The van der Waals surface area contributed by atoms with Crippen molar-refractivity contribution in [1.82, 2.24) is 9.97 Å². The highest BCUT2D eigenvalue weighted by Gasteiger charge is 2.09. The Bertz CT molecular complexity index is 1320. The van der Waals surface area contributed by atoms with E-state index in [4.69, 9.17) is 33.0 Å². The number of halogens is 2. The second kappa shape index (κ2) is 11.1. The smallest absolute Gasteiger partial charge is 0.303 e. The van der Waals surface area contributed by atoms with E-state index >= 15 is 0 Å². The van der Waals surface area contributed by atoms with Crippen LogP contribution in [-0.2, 0) is 4.79 Å². The van der Waals surface area contributed by atoms with E-state index in [1.54, 1.807) is 18.3 Å². The molecule has 0 unspecified atom stereocenters. The minimum absolute atomic E-state index is 0.0652. The first kappa shape index (κ1) is 23.6. The second-order valence-corrected chi connectivity index (χ2v) is 8.45. The minimum Gasteiger partial charge on any atom is -0.493 e. The molecule has 1 aromatic heterocycles. The van der Waals surface area contributed by atoms with Crippen LogP contribution >= 0.6 is 23.2 Å². The summed E-state index contributed by atoms with van der Waals surface area (Å²) in [5, 5.41) is 9.97. The van der Waals surface area contributed by atoms with Gasteiger partial charge in [0.15, 0.2) is 0 Å². The van der Waals surface area contributed by atoms with E-state index in [0.29, 0.717) is 34.6 Å². The highest BCUT2D eigenvalue weighted by Crippen LogP contribution is 2.31. The number of rotatable bonds is 9. The third-order valence-electron chi connectivity index (χ3n) is 5.15. The van der Waals surface area contributed by atoms with E-state index in [2.05, 4.69) is 9.97 Å². The van der Waals surface area contributed by atoms with E-state index < -0.39 is 5.97 Å². The Morgan fingerprint density at radius 1 is 1.00 bits per heavy atom. The molecule has 0 aliphatic rings. The number of nitrogens with one attached hydrogen (secondary N) is 1. The zero-order valence-electron chi connectivity index (χ0n) is 18.2. The van der Waals surface area contributed by atoms with Crippen LogP contribution in [-0.4, -0.2) is 27.7 Å². The SMILES string of the molecule is O=C(O)CCCOc1ccc(-c2ccccc2)cc1C=Cc1ncc(-c2ccc(Cl)cc2Cl)[nH]1. The number of carboxylic acids is 1. The number of benzene rings is 3. The molecule has 0 amide bonds. The Hall–Kier alpha value is -3.54. The van der Waals surface area contributed by atoms with Crippen molar-refractivity contribution in [3.63, 3.8) is 0 Å². The van der Waals surface area contributed by atoms with Crippen molar-refractivity contribution in [3.05, 3.63) is 94.4 Å². The van der Waals surface area contributed by atoms with Gasteiger partial charge in [0.25, 0.3) is 0 Å². The molecule has 0 bridgehead atoms. The quantitative estimate of drug-likeness (QED) is 0.237. The number of nitrogens with zero attached hydrogens (tertiary/aromatic N) is 1. The Morgan fingerprint density at radius 3 is 2.59 bits per heavy atom. The van der Waals surface area contributed by atoms with Crippen molar-refractivity contribution in [2.24, 2.45) is 0 Å². The van der Waals surface area contributed by atoms with Crippen LogP contribution in [0.1, 0.15) is 24.2 Å². The van der Waals surface area contributed by atoms with Crippen LogP contribution in [0.15, 0.2) is 72.9 Å². The lowest BCUT2D eigenvalue weighted by molar-refractivity contribution is -0.137. The van der Waals surface area contributed by atoms with Crippen molar-refractivity contribution in [1.29, 1.82) is 0 Å². The lowest BCUT2D eigenvalue weighted by Crippen LogP contribution is -2.03. The van der Waals surface area contributed by atoms with Gasteiger partial charge in [-0.1, -0.05) is 59.6 Å². The number of H-pyrrole nitrogens is 1. The molecular formula is C27H22Cl2N2O3. The summed E-state index contributed by atoms with van der Waals surface area (Å²) in [5.74, 6) is 0.495. The highest BCUT2D eigenvalue weighted by molar-refractivity contribution is 6.36. The van der Waals surface area contributed by atoms with Crippen LogP contribution in [0.25, 0.3) is 34.5 Å². The Kier molecular flexibility index (Phi) is 7.68. The largest absolute Gasteiger partial charge is 0.493 e. The normalized spacial score (nSPS) is 11.1. The molecule has 7 heteroatoms. The second-order valence-electron chi connectivity index (χ2n) is 7.60. The zero-order chi connectivity index (χ0) is 23.9. The van der Waals surface area contributed by atoms with Gasteiger partial charge in [0.05, 0.1) is 23.5 Å². The number of imidazole rings is 1. The molecule has 1 heterocycles. The Morgan fingerprint density at radius 2 is 1.82 bits per heavy atom. The summed E-state index contributed by atoms with van der Waals surface area (Å²) in [5.41, 5.74) is 4.59. The molecule has 0 aliphatic carbocycles. The fourth-order valence-corrected chi connectivity index (χ4v) is 3.97. The molecule has 0 fully saturated rings. The van der Waals surface area contributed by atoms with Crippen LogP contribution in [0.5, 0.6) is 5.75 Å². The molecule has 4 aromatic rings. The third-order valence-corrected chi connectivity index (χ3v) is 5.69. The summed E-state index contributed by atoms with van der Waals surface area (Å²) >= 11 is 12.3.